The van der Waals surface area contributed by atoms with Gasteiger partial charge in [0.1, 0.15) is 0 Å². The zero-order valence-electron chi connectivity index (χ0n) is 32.5. The van der Waals surface area contributed by atoms with Gasteiger partial charge in [0.15, 0.2) is 0 Å². The van der Waals surface area contributed by atoms with Crippen molar-refractivity contribution in [3.63, 3.8) is 0 Å². The minimum Gasteiger partial charge on any atom is -0.334 e. The van der Waals surface area contributed by atoms with E-state index in [1.54, 1.807) is 0 Å². The topological polar surface area (TPSA) is 17.8 Å². The molecule has 2 unspecified atom stereocenters. The van der Waals surface area contributed by atoms with Crippen LogP contribution < -0.4 is 0 Å². The molecule has 276 valence electrons. The summed E-state index contributed by atoms with van der Waals surface area (Å²) in [5, 5.41) is 0. The number of hydrogen-bond acceptors (Lipinski definition) is 1. The Balaban J connectivity index is 1.62. The monoisotopic (exact) mass is 663 g/mol. The van der Waals surface area contributed by atoms with E-state index < -0.39 is 0 Å². The molecule has 0 aliphatic carbocycles. The fourth-order valence-corrected chi connectivity index (χ4v) is 7.94. The highest BCUT2D eigenvalue weighted by atomic mass is 15.1. The van der Waals surface area contributed by atoms with E-state index >= 15 is 0 Å². The first-order valence-electron chi connectivity index (χ1n) is 21.9. The lowest BCUT2D eigenvalue weighted by molar-refractivity contribution is 0.275. The van der Waals surface area contributed by atoms with Crippen LogP contribution in [0.15, 0.2) is 49.1 Å². The highest BCUT2D eigenvalue weighted by Gasteiger charge is 2.23. The maximum Gasteiger partial charge on any atom is 0.0948 e. The summed E-state index contributed by atoms with van der Waals surface area (Å²) >= 11 is 0. The van der Waals surface area contributed by atoms with Crippen LogP contribution in [-0.4, -0.2) is 9.55 Å². The summed E-state index contributed by atoms with van der Waals surface area (Å²) in [6.45, 7) is 4.62. The molecule has 48 heavy (non-hydrogen) atoms. The fraction of sp³-hybridized carbons (Fsp3) is 0.804. The third-order valence-corrected chi connectivity index (χ3v) is 11.1. The van der Waals surface area contributed by atoms with Crippen molar-refractivity contribution in [3.8, 4) is 0 Å². The molecule has 1 aromatic heterocycles. The molecule has 0 N–H and O–H groups in total. The van der Waals surface area contributed by atoms with Gasteiger partial charge in [0.05, 0.1) is 6.33 Å². The van der Waals surface area contributed by atoms with Gasteiger partial charge in [0.25, 0.3) is 0 Å². The molecule has 0 radical (unpaired) electrons. The van der Waals surface area contributed by atoms with Gasteiger partial charge in [-0.15, -0.1) is 0 Å². The van der Waals surface area contributed by atoms with E-state index in [2.05, 4.69) is 66.3 Å². The van der Waals surface area contributed by atoms with Crippen LogP contribution in [0, 0.1) is 5.92 Å². The van der Waals surface area contributed by atoms with Gasteiger partial charge in [-0.2, -0.15) is 0 Å². The van der Waals surface area contributed by atoms with Crippen LogP contribution in [0.4, 0.5) is 0 Å². The number of benzene rings is 1. The van der Waals surface area contributed by atoms with Gasteiger partial charge < -0.3 is 4.57 Å². The van der Waals surface area contributed by atoms with Crippen molar-refractivity contribution in [1.82, 2.24) is 9.55 Å². The number of unbranched alkanes of at least 4 members (excludes halogenated alkanes) is 28. The summed E-state index contributed by atoms with van der Waals surface area (Å²) in [5.74, 6) is 0.690. The number of hydrogen-bond donors (Lipinski definition) is 0. The van der Waals surface area contributed by atoms with Crippen LogP contribution in [0.25, 0.3) is 0 Å². The highest BCUT2D eigenvalue weighted by molar-refractivity contribution is 5.15. The Labute approximate surface area is 301 Å². The Hall–Kier alpha value is -1.57. The predicted octanol–water partition coefficient (Wildman–Crippen LogP) is 15.8. The summed E-state index contributed by atoms with van der Waals surface area (Å²) in [6, 6.07) is 11.9. The Bertz CT molecular complexity index is 875. The summed E-state index contributed by atoms with van der Waals surface area (Å²) in [4.78, 5) is 4.49. The zero-order valence-corrected chi connectivity index (χ0v) is 32.5. The van der Waals surface area contributed by atoms with Crippen molar-refractivity contribution in [2.75, 3.05) is 0 Å². The molecule has 2 aromatic rings. The average molecular weight is 663 g/mol. The van der Waals surface area contributed by atoms with Crippen molar-refractivity contribution >= 4 is 0 Å². The largest absolute Gasteiger partial charge is 0.334 e. The van der Waals surface area contributed by atoms with Gasteiger partial charge >= 0.3 is 0 Å². The van der Waals surface area contributed by atoms with Crippen LogP contribution in [0.1, 0.15) is 231 Å². The molecule has 0 saturated heterocycles. The van der Waals surface area contributed by atoms with E-state index in [0.29, 0.717) is 12.0 Å². The molecule has 2 rings (SSSR count). The van der Waals surface area contributed by atoms with Gasteiger partial charge in [-0.25, -0.2) is 4.98 Å². The van der Waals surface area contributed by atoms with Crippen molar-refractivity contribution in [3.05, 3.63) is 54.6 Å². The summed E-state index contributed by atoms with van der Waals surface area (Å²) in [7, 11) is 0. The minimum atomic E-state index is 0.571. The van der Waals surface area contributed by atoms with Gasteiger partial charge in [-0.3, -0.25) is 0 Å². The summed E-state index contributed by atoms with van der Waals surface area (Å²) < 4.78 is 2.46. The number of imidazole rings is 1. The molecule has 0 fully saturated rings. The first-order valence-corrected chi connectivity index (χ1v) is 21.9. The predicted molar refractivity (Wildman–Crippen MR) is 214 cm³/mol. The minimum absolute atomic E-state index is 0.571. The number of aromatic nitrogens is 2. The van der Waals surface area contributed by atoms with Crippen molar-refractivity contribution in [2.45, 2.75) is 232 Å². The molecule has 2 heteroatoms. The van der Waals surface area contributed by atoms with Crippen LogP contribution in [0.2, 0.25) is 0 Å². The third kappa shape index (κ3) is 23.7. The Morgan fingerprint density at radius 2 is 0.833 bits per heavy atom. The molecular formula is C46H82N2. The molecule has 0 spiro atoms. The molecule has 0 amide bonds. The van der Waals surface area contributed by atoms with Gasteiger partial charge in [-0.1, -0.05) is 237 Å². The second kappa shape index (κ2) is 32.6. The van der Waals surface area contributed by atoms with E-state index in [1.165, 1.54) is 217 Å². The van der Waals surface area contributed by atoms with Crippen molar-refractivity contribution in [2.24, 2.45) is 5.92 Å². The molecular weight excluding hydrogens is 581 g/mol. The smallest absolute Gasteiger partial charge is 0.0948 e. The zero-order chi connectivity index (χ0) is 34.0. The van der Waals surface area contributed by atoms with Crippen LogP contribution >= 0.6 is 0 Å². The SMILES string of the molecule is CCCCCCCCCCCCCCCCCCCC(Cc1ccccc1)C(CCCCCCCCCCCCCCC)n1ccnc1. The second-order valence-corrected chi connectivity index (χ2v) is 15.5. The molecule has 1 aromatic carbocycles. The van der Waals surface area contributed by atoms with Crippen LogP contribution in [0.5, 0.6) is 0 Å². The van der Waals surface area contributed by atoms with Gasteiger partial charge in [0.2, 0.25) is 0 Å². The van der Waals surface area contributed by atoms with E-state index in [9.17, 15) is 0 Å². The lowest BCUT2D eigenvalue weighted by Gasteiger charge is -2.29. The van der Waals surface area contributed by atoms with E-state index in [-0.39, 0.29) is 0 Å². The molecule has 0 aliphatic rings. The average Bonchev–Trinajstić information content (AvgIpc) is 3.65. The summed E-state index contributed by atoms with van der Waals surface area (Å²) in [5.41, 5.74) is 1.50. The van der Waals surface area contributed by atoms with Gasteiger partial charge in [-0.05, 0) is 30.7 Å². The molecule has 2 atom stereocenters. The van der Waals surface area contributed by atoms with E-state index in [0.717, 1.165) is 0 Å². The fourth-order valence-electron chi connectivity index (χ4n) is 7.94. The quantitative estimate of drug-likeness (QED) is 0.0664. The van der Waals surface area contributed by atoms with Gasteiger partial charge in [0, 0.05) is 18.4 Å². The number of rotatable bonds is 36. The second-order valence-electron chi connectivity index (χ2n) is 15.5. The Kier molecular flexibility index (Phi) is 29.0. The van der Waals surface area contributed by atoms with E-state index in [1.807, 2.05) is 6.20 Å². The highest BCUT2D eigenvalue weighted by Crippen LogP contribution is 2.32. The molecule has 1 heterocycles. The third-order valence-electron chi connectivity index (χ3n) is 11.1. The Morgan fingerprint density at radius 3 is 1.21 bits per heavy atom. The molecule has 2 nitrogen and oxygen atoms in total. The first kappa shape index (κ1) is 42.6. The normalized spacial score (nSPS) is 12.9. The first-order chi connectivity index (χ1) is 23.8. The lowest BCUT2D eigenvalue weighted by Crippen LogP contribution is -2.21. The molecule has 0 bridgehead atoms. The molecule has 0 aliphatic heterocycles. The van der Waals surface area contributed by atoms with Crippen LogP contribution in [0.3, 0.4) is 0 Å². The maximum atomic E-state index is 4.49. The van der Waals surface area contributed by atoms with Crippen molar-refractivity contribution in [1.29, 1.82) is 0 Å². The van der Waals surface area contributed by atoms with Crippen molar-refractivity contribution < 1.29 is 0 Å². The lowest BCUT2D eigenvalue weighted by atomic mass is 9.84. The van der Waals surface area contributed by atoms with Crippen LogP contribution in [-0.2, 0) is 6.42 Å². The number of nitrogens with zero attached hydrogens (tertiary/aromatic N) is 2. The maximum absolute atomic E-state index is 4.49. The standard InChI is InChI=1S/C46H82N2/c1-3-5-7-9-11-13-15-17-18-19-20-22-23-25-27-29-34-38-45(42-44-36-32-31-33-37-44)46(48-41-40-47-43-48)39-35-30-28-26-24-21-16-14-12-10-8-6-4-2/h31-33,36-37,40-41,43,45-46H,3-30,34-35,38-39,42H2,1-2H3. The van der Waals surface area contributed by atoms with E-state index in [4.69, 9.17) is 0 Å². The summed E-state index contributed by atoms with van der Waals surface area (Å²) in [6.07, 6.45) is 53.2. The Morgan fingerprint density at radius 1 is 0.458 bits per heavy atom. The molecule has 0 saturated carbocycles.